The quantitative estimate of drug-likeness (QED) is 0.514. The molecule has 0 aromatic carbocycles. The summed E-state index contributed by atoms with van der Waals surface area (Å²) < 4.78 is 10.3. The number of rotatable bonds is 5. The number of aryl methyl sites for hydroxylation is 1. The smallest absolute Gasteiger partial charge is 0.343 e. The van der Waals surface area contributed by atoms with E-state index in [-0.39, 0.29) is 18.0 Å². The minimum Gasteiger partial charge on any atom is -0.465 e. The minimum absolute atomic E-state index is 0.122. The molecule has 20 heavy (non-hydrogen) atoms. The van der Waals surface area contributed by atoms with Crippen molar-refractivity contribution in [3.8, 4) is 0 Å². The Morgan fingerprint density at radius 2 is 2.30 bits per heavy atom. The predicted octanol–water partition coefficient (Wildman–Crippen LogP) is 2.43. The fourth-order valence-corrected chi connectivity index (χ4v) is 2.23. The molecule has 0 bridgehead atoms. The van der Waals surface area contributed by atoms with Gasteiger partial charge in [0.25, 0.3) is 0 Å². The van der Waals surface area contributed by atoms with Gasteiger partial charge in [0.2, 0.25) is 0 Å². The predicted molar refractivity (Wildman–Crippen MR) is 75.4 cm³/mol. The van der Waals surface area contributed by atoms with Crippen molar-refractivity contribution in [2.45, 2.75) is 24.8 Å². The minimum atomic E-state index is -0.511. The summed E-state index contributed by atoms with van der Waals surface area (Å²) >= 11 is 1.39. The van der Waals surface area contributed by atoms with E-state index >= 15 is 0 Å². The van der Waals surface area contributed by atoms with E-state index < -0.39 is 5.97 Å². The second kappa shape index (κ2) is 6.42. The number of nitrogen functional groups attached to an aromatic ring is 1. The SMILES string of the molecule is CCOC(=O)c1cnc(SCc2ccc(C)o2)nc1N. The van der Waals surface area contributed by atoms with Gasteiger partial charge in [-0.25, -0.2) is 14.8 Å². The highest BCUT2D eigenvalue weighted by Gasteiger charge is 2.14. The lowest BCUT2D eigenvalue weighted by Crippen LogP contribution is -2.10. The van der Waals surface area contributed by atoms with Gasteiger partial charge >= 0.3 is 5.97 Å². The van der Waals surface area contributed by atoms with Gasteiger partial charge in [0.05, 0.1) is 12.4 Å². The van der Waals surface area contributed by atoms with Crippen molar-refractivity contribution in [1.29, 1.82) is 0 Å². The Balaban J connectivity index is 2.03. The largest absolute Gasteiger partial charge is 0.465 e. The average molecular weight is 293 g/mol. The van der Waals surface area contributed by atoms with Crippen LogP contribution in [0.3, 0.4) is 0 Å². The molecule has 0 fully saturated rings. The van der Waals surface area contributed by atoms with E-state index in [0.29, 0.717) is 10.9 Å². The second-order valence-corrected chi connectivity index (χ2v) is 4.92. The molecule has 2 N–H and O–H groups in total. The lowest BCUT2D eigenvalue weighted by Gasteiger charge is -2.05. The molecule has 7 heteroatoms. The van der Waals surface area contributed by atoms with Crippen molar-refractivity contribution in [3.05, 3.63) is 35.4 Å². The van der Waals surface area contributed by atoms with Gasteiger partial charge in [0.15, 0.2) is 5.16 Å². The molecular weight excluding hydrogens is 278 g/mol. The molecule has 0 saturated carbocycles. The summed E-state index contributed by atoms with van der Waals surface area (Å²) in [6.07, 6.45) is 1.38. The molecule has 2 aromatic heterocycles. The van der Waals surface area contributed by atoms with Gasteiger partial charge in [-0.05, 0) is 26.0 Å². The zero-order chi connectivity index (χ0) is 14.5. The highest BCUT2D eigenvalue weighted by Crippen LogP contribution is 2.22. The lowest BCUT2D eigenvalue weighted by molar-refractivity contribution is 0.0526. The van der Waals surface area contributed by atoms with Crippen LogP contribution in [0.25, 0.3) is 0 Å². The summed E-state index contributed by atoms with van der Waals surface area (Å²) in [4.78, 5) is 19.7. The van der Waals surface area contributed by atoms with Crippen LogP contribution in [-0.4, -0.2) is 22.5 Å². The third-order valence-electron chi connectivity index (χ3n) is 2.43. The van der Waals surface area contributed by atoms with Crippen LogP contribution in [0.2, 0.25) is 0 Å². The van der Waals surface area contributed by atoms with Gasteiger partial charge in [-0.3, -0.25) is 0 Å². The Bertz CT molecular complexity index is 613. The lowest BCUT2D eigenvalue weighted by atomic mass is 10.3. The van der Waals surface area contributed by atoms with Crippen molar-refractivity contribution >= 4 is 23.5 Å². The van der Waals surface area contributed by atoms with Crippen LogP contribution in [0.4, 0.5) is 5.82 Å². The van der Waals surface area contributed by atoms with Gasteiger partial charge in [-0.2, -0.15) is 0 Å². The van der Waals surface area contributed by atoms with Gasteiger partial charge in [-0.15, -0.1) is 0 Å². The topological polar surface area (TPSA) is 91.2 Å². The van der Waals surface area contributed by atoms with Crippen LogP contribution in [0, 0.1) is 6.92 Å². The number of nitrogens with two attached hydrogens (primary N) is 1. The highest BCUT2D eigenvalue weighted by molar-refractivity contribution is 7.98. The molecule has 0 spiro atoms. The van der Waals surface area contributed by atoms with Crippen LogP contribution >= 0.6 is 11.8 Å². The van der Waals surface area contributed by atoms with Crippen molar-refractivity contribution in [1.82, 2.24) is 9.97 Å². The maximum atomic E-state index is 11.6. The number of anilines is 1. The monoisotopic (exact) mass is 293 g/mol. The second-order valence-electron chi connectivity index (χ2n) is 3.97. The standard InChI is InChI=1S/C13H15N3O3S/c1-3-18-12(17)10-6-15-13(16-11(10)14)20-7-9-5-4-8(2)19-9/h4-6H,3,7H2,1-2H3,(H2,14,15,16). The molecule has 2 rings (SSSR count). The number of hydrogen-bond acceptors (Lipinski definition) is 7. The molecule has 0 aliphatic heterocycles. The van der Waals surface area contributed by atoms with Crippen LogP contribution in [0.15, 0.2) is 27.9 Å². The number of furan rings is 1. The molecule has 106 valence electrons. The number of carbonyl (C=O) groups excluding carboxylic acids is 1. The van der Waals surface area contributed by atoms with E-state index in [1.54, 1.807) is 6.92 Å². The Kier molecular flexibility index (Phi) is 4.62. The van der Waals surface area contributed by atoms with Crippen LogP contribution in [-0.2, 0) is 10.5 Å². The number of aromatic nitrogens is 2. The van der Waals surface area contributed by atoms with E-state index in [2.05, 4.69) is 9.97 Å². The van der Waals surface area contributed by atoms with Gasteiger partial charge in [0.1, 0.15) is 22.9 Å². The van der Waals surface area contributed by atoms with Crippen molar-refractivity contribution < 1.29 is 13.9 Å². The molecule has 2 heterocycles. The highest BCUT2D eigenvalue weighted by atomic mass is 32.2. The van der Waals surface area contributed by atoms with Gasteiger partial charge in [0, 0.05) is 6.20 Å². The van der Waals surface area contributed by atoms with Crippen LogP contribution in [0.5, 0.6) is 0 Å². The summed E-state index contributed by atoms with van der Waals surface area (Å²) in [7, 11) is 0. The fourth-order valence-electron chi connectivity index (χ4n) is 1.51. The maximum Gasteiger partial charge on any atom is 0.343 e. The molecule has 0 radical (unpaired) electrons. The Morgan fingerprint density at radius 3 is 2.90 bits per heavy atom. The molecule has 2 aromatic rings. The zero-order valence-corrected chi connectivity index (χ0v) is 12.1. The van der Waals surface area contributed by atoms with Crippen molar-refractivity contribution in [3.63, 3.8) is 0 Å². The zero-order valence-electron chi connectivity index (χ0n) is 11.3. The normalized spacial score (nSPS) is 10.5. The number of carbonyl (C=O) groups is 1. The van der Waals surface area contributed by atoms with Gasteiger partial charge < -0.3 is 14.9 Å². The molecule has 0 aliphatic rings. The number of thioether (sulfide) groups is 1. The summed E-state index contributed by atoms with van der Waals surface area (Å²) in [6.45, 7) is 3.90. The Hall–Kier alpha value is -2.02. The number of hydrogen-bond donors (Lipinski definition) is 1. The summed E-state index contributed by atoms with van der Waals surface area (Å²) in [5.74, 6) is 1.91. The molecule has 0 aliphatic carbocycles. The van der Waals surface area contributed by atoms with Crippen LogP contribution < -0.4 is 5.73 Å². The molecule has 0 amide bonds. The van der Waals surface area contributed by atoms with E-state index in [4.69, 9.17) is 14.9 Å². The van der Waals surface area contributed by atoms with Crippen LogP contribution in [0.1, 0.15) is 28.8 Å². The third kappa shape index (κ3) is 3.51. The number of esters is 1. The summed E-state index contributed by atoms with van der Waals surface area (Å²) in [5.41, 5.74) is 5.92. The number of ether oxygens (including phenoxy) is 1. The first-order valence-corrected chi connectivity index (χ1v) is 7.06. The molecule has 0 atom stereocenters. The Labute approximate surface area is 120 Å². The first kappa shape index (κ1) is 14.4. The van der Waals surface area contributed by atoms with Crippen molar-refractivity contribution in [2.75, 3.05) is 12.3 Å². The maximum absolute atomic E-state index is 11.6. The van der Waals surface area contributed by atoms with E-state index in [1.807, 2.05) is 19.1 Å². The van der Waals surface area contributed by atoms with Gasteiger partial charge in [-0.1, -0.05) is 11.8 Å². The summed E-state index contributed by atoms with van der Waals surface area (Å²) in [6, 6.07) is 3.80. The number of nitrogens with zero attached hydrogens (tertiary/aromatic N) is 2. The van der Waals surface area contributed by atoms with E-state index in [0.717, 1.165) is 11.5 Å². The summed E-state index contributed by atoms with van der Waals surface area (Å²) in [5, 5.41) is 0.490. The average Bonchev–Trinajstić information content (AvgIpc) is 2.82. The molecule has 0 unspecified atom stereocenters. The first-order chi connectivity index (χ1) is 9.60. The third-order valence-corrected chi connectivity index (χ3v) is 3.31. The van der Waals surface area contributed by atoms with Crippen molar-refractivity contribution in [2.24, 2.45) is 0 Å². The van der Waals surface area contributed by atoms with E-state index in [9.17, 15) is 4.79 Å². The van der Waals surface area contributed by atoms with E-state index in [1.165, 1.54) is 18.0 Å². The molecular formula is C13H15N3O3S. The molecule has 0 saturated heterocycles. The Morgan fingerprint density at radius 1 is 1.50 bits per heavy atom. The first-order valence-electron chi connectivity index (χ1n) is 6.08. The fraction of sp³-hybridized carbons (Fsp3) is 0.308. The molecule has 6 nitrogen and oxygen atoms in total.